The molecule has 29 heavy (non-hydrogen) atoms. The van der Waals surface area contributed by atoms with Gasteiger partial charge in [0.2, 0.25) is 0 Å². The molecule has 1 aromatic carbocycles. The van der Waals surface area contributed by atoms with Gasteiger partial charge in [0.1, 0.15) is 0 Å². The number of hydrogen-bond donors (Lipinski definition) is 2. The molecule has 2 fully saturated rings. The summed E-state index contributed by atoms with van der Waals surface area (Å²) in [6.07, 6.45) is 2.29. The Balaban J connectivity index is 1.46. The molecule has 1 unspecified atom stereocenters. The van der Waals surface area contributed by atoms with E-state index in [2.05, 4.69) is 58.5 Å². The highest BCUT2D eigenvalue weighted by Crippen LogP contribution is 2.16. The number of benzene rings is 1. The Kier molecular flexibility index (Phi) is 8.60. The van der Waals surface area contributed by atoms with E-state index in [0.29, 0.717) is 12.1 Å². The highest BCUT2D eigenvalue weighted by atomic mass is 35.5. The Morgan fingerprint density at radius 1 is 1.10 bits per heavy atom. The van der Waals surface area contributed by atoms with Gasteiger partial charge >= 0.3 is 0 Å². The summed E-state index contributed by atoms with van der Waals surface area (Å²) in [5.41, 5.74) is 1.33. The van der Waals surface area contributed by atoms with Gasteiger partial charge in [-0.25, -0.2) is 0 Å². The molecule has 0 spiro atoms. The van der Waals surface area contributed by atoms with Crippen molar-refractivity contribution in [3.8, 4) is 0 Å². The van der Waals surface area contributed by atoms with E-state index in [9.17, 15) is 0 Å². The Bertz CT molecular complexity index is 641. The number of likely N-dealkylation sites (N-methyl/N-ethyl adjacent to an activating group) is 2. The Labute approximate surface area is 181 Å². The number of likely N-dealkylation sites (tertiary alicyclic amines) is 1. The van der Waals surface area contributed by atoms with Crippen molar-refractivity contribution in [1.29, 1.82) is 0 Å². The van der Waals surface area contributed by atoms with Crippen LogP contribution in [0.5, 0.6) is 0 Å². The smallest absolute Gasteiger partial charge is 0.191 e. The van der Waals surface area contributed by atoms with E-state index in [-0.39, 0.29) is 0 Å². The van der Waals surface area contributed by atoms with Crippen molar-refractivity contribution in [1.82, 2.24) is 25.3 Å². The molecule has 0 radical (unpaired) electrons. The largest absolute Gasteiger partial charge is 0.357 e. The fourth-order valence-corrected chi connectivity index (χ4v) is 4.22. The van der Waals surface area contributed by atoms with Gasteiger partial charge in [0.25, 0.3) is 0 Å². The van der Waals surface area contributed by atoms with Crippen LogP contribution in [0.25, 0.3) is 0 Å². The van der Waals surface area contributed by atoms with E-state index in [4.69, 9.17) is 16.6 Å². The molecule has 3 rings (SSSR count). The molecule has 2 aliphatic heterocycles. The molecule has 7 heteroatoms. The minimum absolute atomic E-state index is 0.487. The second-order valence-electron chi connectivity index (χ2n) is 8.44. The minimum atomic E-state index is 0.487. The van der Waals surface area contributed by atoms with Gasteiger partial charge in [0, 0.05) is 62.9 Å². The van der Waals surface area contributed by atoms with Crippen LogP contribution >= 0.6 is 11.6 Å². The van der Waals surface area contributed by atoms with Crippen molar-refractivity contribution in [2.75, 3.05) is 59.9 Å². The molecule has 0 aromatic heterocycles. The molecule has 2 saturated heterocycles. The third-order valence-corrected chi connectivity index (χ3v) is 6.28. The second-order valence-corrected chi connectivity index (χ2v) is 8.87. The normalized spacial score (nSPS) is 23.3. The first-order chi connectivity index (χ1) is 14.0. The monoisotopic (exact) mass is 420 g/mol. The number of hydrogen-bond acceptors (Lipinski definition) is 4. The lowest BCUT2D eigenvalue weighted by Gasteiger charge is -2.37. The maximum atomic E-state index is 5.99. The number of rotatable bonds is 6. The fraction of sp³-hybridized carbons (Fsp3) is 0.682. The van der Waals surface area contributed by atoms with E-state index in [0.717, 1.165) is 76.2 Å². The minimum Gasteiger partial charge on any atom is -0.357 e. The average Bonchev–Trinajstić information content (AvgIpc) is 2.72. The molecule has 6 nitrogen and oxygen atoms in total. The van der Waals surface area contributed by atoms with Crippen molar-refractivity contribution in [2.45, 2.75) is 38.4 Å². The number of piperidine rings is 1. The molecule has 2 aliphatic rings. The summed E-state index contributed by atoms with van der Waals surface area (Å²) >= 11 is 5.99. The highest BCUT2D eigenvalue weighted by molar-refractivity contribution is 6.30. The lowest BCUT2D eigenvalue weighted by atomic mass is 10.0. The van der Waals surface area contributed by atoms with Gasteiger partial charge in [-0.2, -0.15) is 0 Å². The molecule has 0 bridgehead atoms. The molecule has 0 amide bonds. The number of piperazine rings is 1. The van der Waals surface area contributed by atoms with Crippen LogP contribution in [0.2, 0.25) is 5.02 Å². The van der Waals surface area contributed by atoms with Crippen LogP contribution in [-0.2, 0) is 6.54 Å². The SMILES string of the molecule is CCNC(=NCC1CN(C)CCN1C)NC1CCN(Cc2ccc(Cl)cc2)CC1. The maximum Gasteiger partial charge on any atom is 0.191 e. The summed E-state index contributed by atoms with van der Waals surface area (Å²) in [6.45, 7) is 10.4. The number of aliphatic imine (C=N–C) groups is 1. The van der Waals surface area contributed by atoms with Crippen LogP contribution in [0.4, 0.5) is 0 Å². The maximum absolute atomic E-state index is 5.99. The lowest BCUT2D eigenvalue weighted by Crippen LogP contribution is -2.52. The summed E-state index contributed by atoms with van der Waals surface area (Å²) in [4.78, 5) is 12.3. The van der Waals surface area contributed by atoms with E-state index >= 15 is 0 Å². The third-order valence-electron chi connectivity index (χ3n) is 6.03. The number of nitrogens with zero attached hydrogens (tertiary/aromatic N) is 4. The first kappa shape index (κ1) is 22.3. The first-order valence-electron chi connectivity index (χ1n) is 10.9. The van der Waals surface area contributed by atoms with E-state index in [1.165, 1.54) is 5.56 Å². The van der Waals surface area contributed by atoms with E-state index < -0.39 is 0 Å². The average molecular weight is 421 g/mol. The molecular formula is C22H37ClN6. The van der Waals surface area contributed by atoms with Crippen LogP contribution in [0, 0.1) is 0 Å². The summed E-state index contributed by atoms with van der Waals surface area (Å²) in [5.74, 6) is 0.963. The van der Waals surface area contributed by atoms with Gasteiger partial charge in [-0.1, -0.05) is 23.7 Å². The molecular weight excluding hydrogens is 384 g/mol. The number of nitrogens with one attached hydrogen (secondary N) is 2. The van der Waals surface area contributed by atoms with Crippen molar-refractivity contribution >= 4 is 17.6 Å². The molecule has 0 saturated carbocycles. The van der Waals surface area contributed by atoms with Crippen molar-refractivity contribution in [2.24, 2.45) is 4.99 Å². The molecule has 2 N–H and O–H groups in total. The molecule has 2 heterocycles. The predicted molar refractivity (Wildman–Crippen MR) is 123 cm³/mol. The Hall–Kier alpha value is -1.34. The summed E-state index contributed by atoms with van der Waals surface area (Å²) in [7, 11) is 4.41. The quantitative estimate of drug-likeness (QED) is 0.545. The van der Waals surface area contributed by atoms with Crippen LogP contribution < -0.4 is 10.6 Å². The zero-order valence-corrected chi connectivity index (χ0v) is 19.0. The lowest BCUT2D eigenvalue weighted by molar-refractivity contribution is 0.119. The molecule has 1 atom stereocenters. The van der Waals surface area contributed by atoms with Gasteiger partial charge in [-0.15, -0.1) is 0 Å². The van der Waals surface area contributed by atoms with Crippen molar-refractivity contribution in [3.63, 3.8) is 0 Å². The first-order valence-corrected chi connectivity index (χ1v) is 11.3. The van der Waals surface area contributed by atoms with Crippen LogP contribution in [0.3, 0.4) is 0 Å². The van der Waals surface area contributed by atoms with Gasteiger partial charge in [-0.3, -0.25) is 14.8 Å². The van der Waals surface area contributed by atoms with Crippen molar-refractivity contribution < 1.29 is 0 Å². The van der Waals surface area contributed by atoms with Crippen LogP contribution in [0.15, 0.2) is 29.3 Å². The second kappa shape index (κ2) is 11.2. The molecule has 0 aliphatic carbocycles. The zero-order valence-electron chi connectivity index (χ0n) is 18.2. The molecule has 1 aromatic rings. The van der Waals surface area contributed by atoms with Crippen LogP contribution in [0.1, 0.15) is 25.3 Å². The van der Waals surface area contributed by atoms with Crippen LogP contribution in [-0.4, -0.2) is 92.7 Å². The predicted octanol–water partition coefficient (Wildman–Crippen LogP) is 2.11. The number of halogens is 1. The zero-order chi connectivity index (χ0) is 20.6. The molecule has 162 valence electrons. The Morgan fingerprint density at radius 2 is 1.83 bits per heavy atom. The topological polar surface area (TPSA) is 46.1 Å². The van der Waals surface area contributed by atoms with Gasteiger partial charge < -0.3 is 15.5 Å². The van der Waals surface area contributed by atoms with Gasteiger partial charge in [-0.05, 0) is 51.6 Å². The van der Waals surface area contributed by atoms with Crippen molar-refractivity contribution in [3.05, 3.63) is 34.9 Å². The van der Waals surface area contributed by atoms with E-state index in [1.807, 2.05) is 12.1 Å². The summed E-state index contributed by atoms with van der Waals surface area (Å²) in [5, 5.41) is 7.91. The van der Waals surface area contributed by atoms with E-state index in [1.54, 1.807) is 0 Å². The van der Waals surface area contributed by atoms with Gasteiger partial charge in [0.15, 0.2) is 5.96 Å². The number of guanidine groups is 1. The highest BCUT2D eigenvalue weighted by Gasteiger charge is 2.23. The summed E-state index contributed by atoms with van der Waals surface area (Å²) < 4.78 is 0. The van der Waals surface area contributed by atoms with Gasteiger partial charge in [0.05, 0.1) is 6.54 Å². The third kappa shape index (κ3) is 7.14. The summed E-state index contributed by atoms with van der Waals surface area (Å²) in [6, 6.07) is 9.19. The standard InChI is InChI=1S/C22H37ClN6/c1-4-24-22(25-15-21-17-27(2)13-14-28(21)3)26-20-9-11-29(12-10-20)16-18-5-7-19(23)8-6-18/h5-8,20-21H,4,9-17H2,1-3H3,(H2,24,25,26). The fourth-order valence-electron chi connectivity index (χ4n) is 4.09. The Morgan fingerprint density at radius 3 is 2.52 bits per heavy atom.